The number of amides is 4. The zero-order chi connectivity index (χ0) is 32.8. The summed E-state index contributed by atoms with van der Waals surface area (Å²) in [5, 5.41) is 15.8. The van der Waals surface area contributed by atoms with E-state index in [9.17, 15) is 24.3 Å². The van der Waals surface area contributed by atoms with Gasteiger partial charge in [0.25, 0.3) is 23.6 Å². The molecular weight excluding hydrogens is 604 g/mol. The standard InChI is InChI=1S/C40H26N2O6/c1-48-24-7-3-5-22(17-24)19-42-39(46)31-14-10-27-25-8-12-29-35-30(38(45)41(37(29)44)18-21-4-2-6-23(16-21)20-43)13-9-26(33(25)35)28-11-15-32(40(42)47)36(31)34(27)28/h2-17,43H,18-20H2,1H3. The van der Waals surface area contributed by atoms with E-state index in [0.29, 0.717) is 44.3 Å². The Hall–Kier alpha value is -6.12. The first-order valence-corrected chi connectivity index (χ1v) is 15.6. The number of benzene rings is 7. The van der Waals surface area contributed by atoms with Gasteiger partial charge in [0.05, 0.1) is 26.8 Å². The lowest BCUT2D eigenvalue weighted by atomic mass is 9.82. The summed E-state index contributed by atoms with van der Waals surface area (Å²) >= 11 is 0. The van der Waals surface area contributed by atoms with Crippen molar-refractivity contribution in [1.29, 1.82) is 0 Å². The van der Waals surface area contributed by atoms with Crippen LogP contribution in [0, 0.1) is 0 Å². The lowest BCUT2D eigenvalue weighted by Crippen LogP contribution is -2.40. The fourth-order valence-electron chi connectivity index (χ4n) is 7.62. The van der Waals surface area contributed by atoms with Crippen LogP contribution in [0.3, 0.4) is 0 Å². The summed E-state index contributed by atoms with van der Waals surface area (Å²) in [6, 6.07) is 29.2. The molecule has 0 spiro atoms. The fourth-order valence-corrected chi connectivity index (χ4v) is 7.62. The molecule has 9 rings (SSSR count). The number of carbonyl (C=O) groups is 4. The third kappa shape index (κ3) is 3.80. The Labute approximate surface area is 273 Å². The van der Waals surface area contributed by atoms with Gasteiger partial charge in [-0.25, -0.2) is 0 Å². The number of ether oxygens (including phenoxy) is 1. The van der Waals surface area contributed by atoms with Crippen molar-refractivity contribution in [2.75, 3.05) is 7.11 Å². The van der Waals surface area contributed by atoms with Crippen LogP contribution in [0.4, 0.5) is 0 Å². The molecule has 232 valence electrons. The van der Waals surface area contributed by atoms with E-state index in [2.05, 4.69) is 0 Å². The molecule has 0 atom stereocenters. The molecule has 0 bridgehead atoms. The average Bonchev–Trinajstić information content (AvgIpc) is 3.12. The summed E-state index contributed by atoms with van der Waals surface area (Å²) in [7, 11) is 1.57. The number of hydrogen-bond donors (Lipinski definition) is 1. The van der Waals surface area contributed by atoms with Gasteiger partial charge in [-0.3, -0.25) is 29.0 Å². The molecule has 8 nitrogen and oxygen atoms in total. The second kappa shape index (κ2) is 10.2. The van der Waals surface area contributed by atoms with Crippen LogP contribution in [0.5, 0.6) is 5.75 Å². The van der Waals surface area contributed by atoms with E-state index in [1.54, 1.807) is 49.6 Å². The van der Waals surface area contributed by atoms with Crippen LogP contribution in [-0.4, -0.2) is 45.6 Å². The lowest BCUT2D eigenvalue weighted by molar-refractivity contribution is 0.0583. The minimum Gasteiger partial charge on any atom is -0.497 e. The molecule has 0 saturated heterocycles. The molecule has 0 unspecified atom stereocenters. The number of nitrogens with zero attached hydrogens (tertiary/aromatic N) is 2. The molecular formula is C40H26N2O6. The maximum Gasteiger partial charge on any atom is 0.261 e. The first-order chi connectivity index (χ1) is 23.4. The molecule has 4 amide bonds. The molecule has 0 aromatic heterocycles. The Morgan fingerprint density at radius 1 is 0.500 bits per heavy atom. The van der Waals surface area contributed by atoms with Crippen LogP contribution >= 0.6 is 0 Å². The number of hydrogen-bond acceptors (Lipinski definition) is 6. The van der Waals surface area contributed by atoms with Gasteiger partial charge < -0.3 is 9.84 Å². The number of methoxy groups -OCH3 is 1. The van der Waals surface area contributed by atoms with Gasteiger partial charge in [0.1, 0.15) is 5.75 Å². The minimum atomic E-state index is -0.381. The number of imide groups is 2. The number of aliphatic hydroxyl groups is 1. The van der Waals surface area contributed by atoms with E-state index in [0.717, 1.165) is 43.4 Å². The molecule has 0 fully saturated rings. The van der Waals surface area contributed by atoms with E-state index < -0.39 is 0 Å². The molecule has 0 radical (unpaired) electrons. The maximum atomic E-state index is 13.9. The zero-order valence-corrected chi connectivity index (χ0v) is 25.7. The smallest absolute Gasteiger partial charge is 0.261 e. The van der Waals surface area contributed by atoms with E-state index in [-0.39, 0.29) is 43.3 Å². The number of aliphatic hydroxyl groups excluding tert-OH is 1. The first kappa shape index (κ1) is 28.1. The third-order valence-corrected chi connectivity index (χ3v) is 9.79. The maximum absolute atomic E-state index is 13.9. The summed E-state index contributed by atoms with van der Waals surface area (Å²) in [5.41, 5.74) is 4.02. The fraction of sp³-hybridized carbons (Fsp3) is 0.100. The summed E-state index contributed by atoms with van der Waals surface area (Å²) in [4.78, 5) is 58.2. The van der Waals surface area contributed by atoms with Crippen LogP contribution in [0.1, 0.15) is 58.1 Å². The molecule has 8 heteroatoms. The van der Waals surface area contributed by atoms with E-state index >= 15 is 0 Å². The second-order valence-corrected chi connectivity index (χ2v) is 12.4. The molecule has 48 heavy (non-hydrogen) atoms. The van der Waals surface area contributed by atoms with Crippen molar-refractivity contribution < 1.29 is 29.0 Å². The van der Waals surface area contributed by atoms with Crippen LogP contribution in [0.15, 0.2) is 97.1 Å². The molecule has 0 aliphatic carbocycles. The van der Waals surface area contributed by atoms with Crippen LogP contribution in [-0.2, 0) is 19.7 Å². The minimum absolute atomic E-state index is 0.0839. The van der Waals surface area contributed by atoms with Gasteiger partial charge >= 0.3 is 0 Å². The SMILES string of the molecule is COc1cccc(CN2C(=O)c3ccc4c5ccc6c7c(ccc(c8ccc(c3c48)C2=O)c75)C(=O)N(Cc2cccc(CO)c2)C6=O)c1. The molecule has 0 saturated carbocycles. The highest BCUT2D eigenvalue weighted by Gasteiger charge is 2.37. The highest BCUT2D eigenvalue weighted by molar-refractivity contribution is 6.41. The van der Waals surface area contributed by atoms with Gasteiger partial charge in [-0.2, -0.15) is 0 Å². The van der Waals surface area contributed by atoms with Gasteiger partial charge in [0.15, 0.2) is 0 Å². The summed E-state index contributed by atoms with van der Waals surface area (Å²) in [6.07, 6.45) is 0. The van der Waals surface area contributed by atoms with Crippen molar-refractivity contribution >= 4 is 66.7 Å². The Bertz CT molecular complexity index is 2290. The average molecular weight is 631 g/mol. The van der Waals surface area contributed by atoms with Crippen molar-refractivity contribution in [3.63, 3.8) is 0 Å². The monoisotopic (exact) mass is 630 g/mol. The second-order valence-electron chi connectivity index (χ2n) is 12.4. The summed E-state index contributed by atoms with van der Waals surface area (Å²) in [6.45, 7) is 0.0595. The third-order valence-electron chi connectivity index (χ3n) is 9.79. The molecule has 2 heterocycles. The van der Waals surface area contributed by atoms with E-state index in [1.807, 2.05) is 54.6 Å². The Morgan fingerprint density at radius 2 is 0.896 bits per heavy atom. The van der Waals surface area contributed by atoms with Crippen LogP contribution in [0.2, 0.25) is 0 Å². The number of carbonyl (C=O) groups excluding carboxylic acids is 4. The first-order valence-electron chi connectivity index (χ1n) is 15.6. The van der Waals surface area contributed by atoms with Crippen molar-refractivity contribution in [2.24, 2.45) is 0 Å². The predicted molar refractivity (Wildman–Crippen MR) is 181 cm³/mol. The lowest BCUT2D eigenvalue weighted by Gasteiger charge is -2.30. The van der Waals surface area contributed by atoms with E-state index in [1.165, 1.54) is 9.80 Å². The Morgan fingerprint density at radius 3 is 1.31 bits per heavy atom. The largest absolute Gasteiger partial charge is 0.497 e. The summed E-state index contributed by atoms with van der Waals surface area (Å²) in [5.74, 6) is -0.847. The Balaban J connectivity index is 1.20. The van der Waals surface area contributed by atoms with Crippen LogP contribution in [0.25, 0.3) is 43.1 Å². The van der Waals surface area contributed by atoms with Gasteiger partial charge in [-0.05, 0) is 85.4 Å². The van der Waals surface area contributed by atoms with Gasteiger partial charge in [-0.15, -0.1) is 0 Å². The predicted octanol–water partition coefficient (Wildman–Crippen LogP) is 6.83. The molecule has 1 N–H and O–H groups in total. The van der Waals surface area contributed by atoms with E-state index in [4.69, 9.17) is 4.74 Å². The van der Waals surface area contributed by atoms with Crippen LogP contribution < -0.4 is 4.74 Å². The highest BCUT2D eigenvalue weighted by Crippen LogP contribution is 2.46. The van der Waals surface area contributed by atoms with Gasteiger partial charge in [-0.1, -0.05) is 60.7 Å². The molecule has 7 aromatic carbocycles. The zero-order valence-electron chi connectivity index (χ0n) is 25.7. The molecule has 2 aliphatic rings. The van der Waals surface area contributed by atoms with Crippen molar-refractivity contribution in [1.82, 2.24) is 9.80 Å². The Kier molecular flexibility index (Phi) is 5.97. The topological polar surface area (TPSA) is 104 Å². The molecule has 2 aliphatic heterocycles. The normalized spacial score (nSPS) is 14.4. The quantitative estimate of drug-likeness (QED) is 0.123. The summed E-state index contributed by atoms with van der Waals surface area (Å²) < 4.78 is 5.34. The van der Waals surface area contributed by atoms with Gasteiger partial charge in [0, 0.05) is 33.0 Å². The number of fused-ring (bicyclic) bond motifs is 2. The van der Waals surface area contributed by atoms with Crippen molar-refractivity contribution in [2.45, 2.75) is 19.7 Å². The number of rotatable bonds is 6. The highest BCUT2D eigenvalue weighted by atomic mass is 16.5. The molecule has 7 aromatic rings. The van der Waals surface area contributed by atoms with Gasteiger partial charge in [0.2, 0.25) is 0 Å². The van der Waals surface area contributed by atoms with Crippen molar-refractivity contribution in [3.05, 3.63) is 136 Å². The van der Waals surface area contributed by atoms with Crippen molar-refractivity contribution in [3.8, 4) is 5.75 Å².